The Kier molecular flexibility index (Phi) is 4.73. The Bertz CT molecular complexity index is 250. The summed E-state index contributed by atoms with van der Waals surface area (Å²) in [5, 5.41) is 0. The van der Waals surface area contributed by atoms with E-state index in [1.54, 1.807) is 0 Å². The quantitative estimate of drug-likeness (QED) is 0.836. The van der Waals surface area contributed by atoms with Crippen LogP contribution < -0.4 is 5.73 Å². The van der Waals surface area contributed by atoms with Crippen molar-refractivity contribution in [3.8, 4) is 0 Å². The third kappa shape index (κ3) is 3.34. The van der Waals surface area contributed by atoms with Gasteiger partial charge < -0.3 is 5.73 Å². The molecule has 4 heteroatoms. The fraction of sp³-hybridized carbons (Fsp3) is 1.00. The summed E-state index contributed by atoms with van der Waals surface area (Å²) in [4.78, 5) is 2.71. The molecule has 0 amide bonds. The zero-order chi connectivity index (χ0) is 12.4. The van der Waals surface area contributed by atoms with E-state index in [0.717, 1.165) is 6.54 Å². The van der Waals surface area contributed by atoms with Crippen LogP contribution in [0.5, 0.6) is 0 Å². The molecule has 0 radical (unpaired) electrons. The van der Waals surface area contributed by atoms with Gasteiger partial charge in [-0.3, -0.25) is 4.90 Å². The minimum Gasteiger partial charge on any atom is -0.329 e. The maximum atomic E-state index is 6.18. The molecule has 2 aliphatic rings. The van der Waals surface area contributed by atoms with Crippen LogP contribution in [0.4, 0.5) is 0 Å². The second-order valence-electron chi connectivity index (χ2n) is 6.22. The highest BCUT2D eigenvalue weighted by Gasteiger charge is 2.43. The topological polar surface area (TPSA) is 29.3 Å². The van der Waals surface area contributed by atoms with Gasteiger partial charge in [0.1, 0.15) is 0 Å². The largest absolute Gasteiger partial charge is 0.329 e. The van der Waals surface area contributed by atoms with Gasteiger partial charge in [0.2, 0.25) is 0 Å². The van der Waals surface area contributed by atoms with E-state index in [4.69, 9.17) is 5.73 Å². The lowest BCUT2D eigenvalue weighted by molar-refractivity contribution is 0.0759. The molecular weight excluding hydrogens is 248 g/mol. The van der Waals surface area contributed by atoms with Gasteiger partial charge in [0.15, 0.2) is 0 Å². The fourth-order valence-electron chi connectivity index (χ4n) is 3.19. The fourth-order valence-corrected chi connectivity index (χ4v) is 5.62. The van der Waals surface area contributed by atoms with Crippen molar-refractivity contribution >= 4 is 23.5 Å². The van der Waals surface area contributed by atoms with Crippen LogP contribution in [0.15, 0.2) is 0 Å². The molecule has 2 fully saturated rings. The van der Waals surface area contributed by atoms with Gasteiger partial charge in [-0.2, -0.15) is 23.5 Å². The lowest BCUT2D eigenvalue weighted by Gasteiger charge is -2.50. The summed E-state index contributed by atoms with van der Waals surface area (Å²) in [5.41, 5.74) is 6.90. The number of nitrogens with zero attached hydrogens (tertiary/aromatic N) is 1. The molecular formula is C13H26N2S2. The highest BCUT2D eigenvalue weighted by molar-refractivity contribution is 7.99. The average Bonchev–Trinajstić information content (AvgIpc) is 2.56. The monoisotopic (exact) mass is 274 g/mol. The normalized spacial score (nSPS) is 35.5. The molecule has 100 valence electrons. The summed E-state index contributed by atoms with van der Waals surface area (Å²) in [6, 6.07) is 0. The number of thioether (sulfide) groups is 2. The molecule has 0 aromatic rings. The van der Waals surface area contributed by atoms with Crippen LogP contribution >= 0.6 is 23.5 Å². The van der Waals surface area contributed by atoms with Crippen molar-refractivity contribution in [2.75, 3.05) is 42.6 Å². The highest BCUT2D eigenvalue weighted by atomic mass is 32.2. The molecule has 0 aliphatic carbocycles. The lowest BCUT2D eigenvalue weighted by atomic mass is 9.78. The Morgan fingerprint density at radius 3 is 2.65 bits per heavy atom. The van der Waals surface area contributed by atoms with Gasteiger partial charge in [-0.25, -0.2) is 0 Å². The average molecular weight is 274 g/mol. The predicted octanol–water partition coefficient (Wildman–Crippen LogP) is 2.29. The third-order valence-electron chi connectivity index (χ3n) is 3.94. The number of rotatable bonds is 2. The minimum absolute atomic E-state index is 0.275. The molecule has 0 aromatic carbocycles. The SMILES string of the molecule is CC1(C)CSCC(CN)(N2CCCSCC2)C1. The molecule has 2 heterocycles. The molecule has 1 unspecified atom stereocenters. The molecule has 2 nitrogen and oxygen atoms in total. The maximum Gasteiger partial charge on any atom is 0.0427 e. The molecule has 1 atom stereocenters. The van der Waals surface area contributed by atoms with Gasteiger partial charge in [-0.05, 0) is 36.3 Å². The van der Waals surface area contributed by atoms with Crippen LogP contribution in [0, 0.1) is 5.41 Å². The summed E-state index contributed by atoms with van der Waals surface area (Å²) in [5.74, 6) is 5.13. The van der Waals surface area contributed by atoms with E-state index in [1.165, 1.54) is 48.9 Å². The number of hydrogen-bond donors (Lipinski definition) is 1. The van der Waals surface area contributed by atoms with Gasteiger partial charge in [0.25, 0.3) is 0 Å². The molecule has 0 spiro atoms. The van der Waals surface area contributed by atoms with E-state index in [1.807, 2.05) is 0 Å². The minimum atomic E-state index is 0.275. The van der Waals surface area contributed by atoms with Gasteiger partial charge in [-0.15, -0.1) is 0 Å². The number of hydrogen-bond acceptors (Lipinski definition) is 4. The zero-order valence-corrected chi connectivity index (χ0v) is 12.8. The van der Waals surface area contributed by atoms with E-state index in [-0.39, 0.29) is 5.54 Å². The Balaban J connectivity index is 2.11. The first kappa shape index (κ1) is 14.0. The lowest BCUT2D eigenvalue weighted by Crippen LogP contribution is -2.60. The van der Waals surface area contributed by atoms with E-state index >= 15 is 0 Å². The van der Waals surface area contributed by atoms with Crippen LogP contribution in [0.2, 0.25) is 0 Å². The van der Waals surface area contributed by atoms with Gasteiger partial charge in [0.05, 0.1) is 0 Å². The van der Waals surface area contributed by atoms with Crippen molar-refractivity contribution in [1.29, 1.82) is 0 Å². The Morgan fingerprint density at radius 1 is 1.12 bits per heavy atom. The van der Waals surface area contributed by atoms with Crippen molar-refractivity contribution in [3.05, 3.63) is 0 Å². The molecule has 2 aliphatic heterocycles. The predicted molar refractivity (Wildman–Crippen MR) is 81.0 cm³/mol. The van der Waals surface area contributed by atoms with Gasteiger partial charge >= 0.3 is 0 Å². The van der Waals surface area contributed by atoms with Crippen molar-refractivity contribution in [2.24, 2.45) is 11.1 Å². The van der Waals surface area contributed by atoms with Crippen molar-refractivity contribution in [2.45, 2.75) is 32.2 Å². The Morgan fingerprint density at radius 2 is 1.94 bits per heavy atom. The molecule has 2 saturated heterocycles. The van der Waals surface area contributed by atoms with Crippen molar-refractivity contribution in [3.63, 3.8) is 0 Å². The first-order valence-electron chi connectivity index (χ1n) is 6.69. The standard InChI is InChI=1S/C13H26N2S2/c1-12(2)8-13(9-14,11-17-10-12)15-4-3-6-16-7-5-15/h3-11,14H2,1-2H3. The maximum absolute atomic E-state index is 6.18. The Hall–Kier alpha value is 0.620. The smallest absolute Gasteiger partial charge is 0.0427 e. The molecule has 17 heavy (non-hydrogen) atoms. The summed E-state index contributed by atoms with van der Waals surface area (Å²) >= 11 is 4.21. The van der Waals surface area contributed by atoms with Crippen molar-refractivity contribution in [1.82, 2.24) is 4.90 Å². The number of nitrogens with two attached hydrogens (primary N) is 1. The third-order valence-corrected chi connectivity index (χ3v) is 6.72. The second kappa shape index (κ2) is 5.72. The summed E-state index contributed by atoms with van der Waals surface area (Å²) in [7, 11) is 0. The second-order valence-corrected chi connectivity index (χ2v) is 8.43. The molecule has 2 N–H and O–H groups in total. The summed E-state index contributed by atoms with van der Waals surface area (Å²) in [6.45, 7) is 8.11. The van der Waals surface area contributed by atoms with Crippen LogP contribution in [0.1, 0.15) is 26.7 Å². The highest BCUT2D eigenvalue weighted by Crippen LogP contribution is 2.42. The summed E-state index contributed by atoms with van der Waals surface area (Å²) in [6.07, 6.45) is 2.60. The van der Waals surface area contributed by atoms with Crippen LogP contribution in [0.25, 0.3) is 0 Å². The first-order chi connectivity index (χ1) is 8.08. The van der Waals surface area contributed by atoms with E-state index in [9.17, 15) is 0 Å². The Labute approximate surface area is 114 Å². The van der Waals surface area contributed by atoms with Crippen LogP contribution in [-0.4, -0.2) is 53.1 Å². The zero-order valence-electron chi connectivity index (χ0n) is 11.2. The van der Waals surface area contributed by atoms with E-state index in [0.29, 0.717) is 5.41 Å². The molecule has 0 aromatic heterocycles. The van der Waals surface area contributed by atoms with Crippen molar-refractivity contribution < 1.29 is 0 Å². The summed E-state index contributed by atoms with van der Waals surface area (Å²) < 4.78 is 0. The van der Waals surface area contributed by atoms with E-state index in [2.05, 4.69) is 42.3 Å². The van der Waals surface area contributed by atoms with Crippen LogP contribution in [0.3, 0.4) is 0 Å². The first-order valence-corrected chi connectivity index (χ1v) is 9.00. The molecule has 0 saturated carbocycles. The molecule has 2 rings (SSSR count). The molecule has 0 bridgehead atoms. The van der Waals surface area contributed by atoms with Gasteiger partial charge in [-0.1, -0.05) is 13.8 Å². The van der Waals surface area contributed by atoms with E-state index < -0.39 is 0 Å². The van der Waals surface area contributed by atoms with Gasteiger partial charge in [0, 0.05) is 30.1 Å². The van der Waals surface area contributed by atoms with Crippen LogP contribution in [-0.2, 0) is 0 Å².